The Bertz CT molecular complexity index is 481. The number of guanidine groups is 1. The molecule has 8 heteroatoms. The first-order chi connectivity index (χ1) is 12.9. The third kappa shape index (κ3) is 8.34. The number of hydrogen-bond acceptors (Lipinski definition) is 5. The summed E-state index contributed by atoms with van der Waals surface area (Å²) in [6.45, 7) is 12.8. The van der Waals surface area contributed by atoms with Crippen molar-refractivity contribution in [2.24, 2.45) is 4.99 Å². The van der Waals surface area contributed by atoms with Gasteiger partial charge >= 0.3 is 6.09 Å². The highest BCUT2D eigenvalue weighted by Crippen LogP contribution is 2.15. The average Bonchev–Trinajstić information content (AvgIpc) is 2.56. The third-order valence-corrected chi connectivity index (χ3v) is 4.31. The second kappa shape index (κ2) is 10.7. The van der Waals surface area contributed by atoms with E-state index in [1.54, 1.807) is 4.90 Å². The van der Waals surface area contributed by atoms with E-state index in [0.29, 0.717) is 25.7 Å². The molecular weight excluding hydrogens is 348 g/mol. The summed E-state index contributed by atoms with van der Waals surface area (Å²) in [5, 5.41) is 6.63. The van der Waals surface area contributed by atoms with Crippen LogP contribution < -0.4 is 10.6 Å². The van der Waals surface area contributed by atoms with Gasteiger partial charge in [-0.05, 0) is 47.0 Å². The lowest BCUT2D eigenvalue weighted by atomic mass is 10.1. The Labute approximate surface area is 163 Å². The lowest BCUT2D eigenvalue weighted by molar-refractivity contribution is -0.0318. The van der Waals surface area contributed by atoms with Crippen LogP contribution in [0.4, 0.5) is 4.79 Å². The van der Waals surface area contributed by atoms with E-state index < -0.39 is 5.60 Å². The SMILES string of the molecule is CCNC(=NCCCOC1CCOCC1)NC1CN(C(=O)OC(C)(C)C)C1. The summed E-state index contributed by atoms with van der Waals surface area (Å²) in [5.41, 5.74) is -0.460. The first-order valence-corrected chi connectivity index (χ1v) is 10.1. The highest BCUT2D eigenvalue weighted by molar-refractivity contribution is 5.80. The van der Waals surface area contributed by atoms with Crippen LogP contribution in [0.1, 0.15) is 47.0 Å². The van der Waals surface area contributed by atoms with E-state index in [4.69, 9.17) is 14.2 Å². The maximum absolute atomic E-state index is 12.0. The number of likely N-dealkylation sites (tertiary alicyclic amines) is 1. The molecule has 0 radical (unpaired) electrons. The van der Waals surface area contributed by atoms with Gasteiger partial charge in [-0.2, -0.15) is 0 Å². The van der Waals surface area contributed by atoms with Crippen molar-refractivity contribution >= 4 is 12.1 Å². The van der Waals surface area contributed by atoms with Crippen molar-refractivity contribution in [1.82, 2.24) is 15.5 Å². The molecule has 0 aromatic heterocycles. The molecule has 0 bridgehead atoms. The number of amides is 1. The molecule has 27 heavy (non-hydrogen) atoms. The summed E-state index contributed by atoms with van der Waals surface area (Å²) in [6.07, 6.45) is 2.95. The molecule has 2 aliphatic rings. The normalized spacial score (nSPS) is 19.6. The fourth-order valence-corrected chi connectivity index (χ4v) is 2.91. The lowest BCUT2D eigenvalue weighted by Gasteiger charge is -2.40. The van der Waals surface area contributed by atoms with E-state index >= 15 is 0 Å². The Morgan fingerprint density at radius 3 is 2.59 bits per heavy atom. The zero-order valence-corrected chi connectivity index (χ0v) is 17.3. The van der Waals surface area contributed by atoms with Gasteiger partial charge in [-0.25, -0.2) is 4.79 Å². The van der Waals surface area contributed by atoms with Crippen LogP contribution in [0.3, 0.4) is 0 Å². The molecule has 0 unspecified atom stereocenters. The zero-order chi connectivity index (χ0) is 19.7. The van der Waals surface area contributed by atoms with Crippen molar-refractivity contribution in [3.63, 3.8) is 0 Å². The molecule has 2 N–H and O–H groups in total. The number of hydrogen-bond donors (Lipinski definition) is 2. The van der Waals surface area contributed by atoms with Crippen LogP contribution in [-0.2, 0) is 14.2 Å². The van der Waals surface area contributed by atoms with Gasteiger partial charge in [0.15, 0.2) is 5.96 Å². The summed E-state index contributed by atoms with van der Waals surface area (Å²) in [6, 6.07) is 0.203. The Hall–Kier alpha value is -1.54. The molecule has 0 spiro atoms. The Morgan fingerprint density at radius 2 is 1.96 bits per heavy atom. The second-order valence-electron chi connectivity index (χ2n) is 8.02. The van der Waals surface area contributed by atoms with Crippen LogP contribution in [0.5, 0.6) is 0 Å². The molecule has 1 amide bonds. The maximum Gasteiger partial charge on any atom is 0.410 e. The molecule has 2 heterocycles. The largest absolute Gasteiger partial charge is 0.444 e. The van der Waals surface area contributed by atoms with Crippen molar-refractivity contribution in [2.45, 2.75) is 64.7 Å². The fourth-order valence-electron chi connectivity index (χ4n) is 2.91. The van der Waals surface area contributed by atoms with E-state index in [1.165, 1.54) is 0 Å². The minimum atomic E-state index is -0.460. The minimum absolute atomic E-state index is 0.203. The van der Waals surface area contributed by atoms with E-state index in [-0.39, 0.29) is 12.1 Å². The van der Waals surface area contributed by atoms with Crippen molar-refractivity contribution in [1.29, 1.82) is 0 Å². The van der Waals surface area contributed by atoms with Gasteiger partial charge in [0.1, 0.15) is 5.60 Å². The summed E-state index contributed by atoms with van der Waals surface area (Å²) in [5.74, 6) is 0.789. The molecule has 2 aliphatic heterocycles. The van der Waals surface area contributed by atoms with Gasteiger partial charge in [0.2, 0.25) is 0 Å². The Balaban J connectivity index is 1.63. The number of aliphatic imine (C=N–C) groups is 1. The first-order valence-electron chi connectivity index (χ1n) is 10.1. The summed E-state index contributed by atoms with van der Waals surface area (Å²) in [4.78, 5) is 18.3. The molecular formula is C19H36N4O4. The van der Waals surface area contributed by atoms with Gasteiger partial charge in [0.05, 0.1) is 12.1 Å². The van der Waals surface area contributed by atoms with Gasteiger partial charge in [-0.15, -0.1) is 0 Å². The van der Waals surface area contributed by atoms with Crippen molar-refractivity contribution < 1.29 is 19.0 Å². The number of ether oxygens (including phenoxy) is 3. The van der Waals surface area contributed by atoms with Crippen LogP contribution in [0, 0.1) is 0 Å². The quantitative estimate of drug-likeness (QED) is 0.395. The third-order valence-electron chi connectivity index (χ3n) is 4.31. The van der Waals surface area contributed by atoms with E-state index in [2.05, 4.69) is 15.6 Å². The van der Waals surface area contributed by atoms with Gasteiger partial charge in [-0.3, -0.25) is 4.99 Å². The zero-order valence-electron chi connectivity index (χ0n) is 17.3. The average molecular weight is 385 g/mol. The second-order valence-corrected chi connectivity index (χ2v) is 8.02. The molecule has 2 saturated heterocycles. The molecule has 0 aliphatic carbocycles. The predicted molar refractivity (Wildman–Crippen MR) is 105 cm³/mol. The van der Waals surface area contributed by atoms with E-state index in [0.717, 1.165) is 51.6 Å². The maximum atomic E-state index is 12.0. The number of nitrogens with zero attached hydrogens (tertiary/aromatic N) is 2. The highest BCUT2D eigenvalue weighted by atomic mass is 16.6. The van der Waals surface area contributed by atoms with Crippen LogP contribution in [0.25, 0.3) is 0 Å². The molecule has 2 fully saturated rings. The standard InChI is InChI=1S/C19H36N4O4/c1-5-20-17(21-9-6-10-26-16-7-11-25-12-8-16)22-15-13-23(14-15)18(24)27-19(2,3)4/h15-16H,5-14H2,1-4H3,(H2,20,21,22). The van der Waals surface area contributed by atoms with E-state index in [9.17, 15) is 4.79 Å². The summed E-state index contributed by atoms with van der Waals surface area (Å²) in [7, 11) is 0. The van der Waals surface area contributed by atoms with Crippen molar-refractivity contribution in [2.75, 3.05) is 46.0 Å². The number of rotatable bonds is 7. The van der Waals surface area contributed by atoms with Gasteiger partial charge in [0.25, 0.3) is 0 Å². The summed E-state index contributed by atoms with van der Waals surface area (Å²) >= 11 is 0. The molecule has 0 atom stereocenters. The lowest BCUT2D eigenvalue weighted by Crippen LogP contribution is -2.63. The molecule has 0 aromatic carbocycles. The summed E-state index contributed by atoms with van der Waals surface area (Å²) < 4.78 is 16.6. The molecule has 8 nitrogen and oxygen atoms in total. The van der Waals surface area contributed by atoms with Crippen LogP contribution >= 0.6 is 0 Å². The molecule has 156 valence electrons. The minimum Gasteiger partial charge on any atom is -0.444 e. The monoisotopic (exact) mass is 384 g/mol. The van der Waals surface area contributed by atoms with Crippen LogP contribution in [0.15, 0.2) is 4.99 Å². The first kappa shape index (κ1) is 21.8. The Kier molecular flexibility index (Phi) is 8.63. The number of carbonyl (C=O) groups is 1. The van der Waals surface area contributed by atoms with Crippen LogP contribution in [0.2, 0.25) is 0 Å². The van der Waals surface area contributed by atoms with Crippen molar-refractivity contribution in [3.8, 4) is 0 Å². The van der Waals surface area contributed by atoms with E-state index in [1.807, 2.05) is 27.7 Å². The molecule has 2 rings (SSSR count). The van der Waals surface area contributed by atoms with Gasteiger partial charge in [0, 0.05) is 46.0 Å². The van der Waals surface area contributed by atoms with Gasteiger partial charge < -0.3 is 29.7 Å². The predicted octanol–water partition coefficient (Wildman–Crippen LogP) is 1.75. The van der Waals surface area contributed by atoms with Crippen LogP contribution in [-0.4, -0.2) is 80.7 Å². The fraction of sp³-hybridized carbons (Fsp3) is 0.895. The van der Waals surface area contributed by atoms with Gasteiger partial charge in [-0.1, -0.05) is 0 Å². The van der Waals surface area contributed by atoms with Crippen molar-refractivity contribution in [3.05, 3.63) is 0 Å². The highest BCUT2D eigenvalue weighted by Gasteiger charge is 2.34. The molecule has 0 aromatic rings. The number of carbonyl (C=O) groups excluding carboxylic acids is 1. The smallest absolute Gasteiger partial charge is 0.410 e. The molecule has 0 saturated carbocycles. The number of nitrogens with one attached hydrogen (secondary N) is 2. The topological polar surface area (TPSA) is 84.4 Å². The Morgan fingerprint density at radius 1 is 1.26 bits per heavy atom.